The summed E-state index contributed by atoms with van der Waals surface area (Å²) in [4.78, 5) is 48.9. The monoisotopic (exact) mass is 587 g/mol. The predicted molar refractivity (Wildman–Crippen MR) is 140 cm³/mol. The molecule has 2 aliphatic heterocycles. The number of aromatic nitrogens is 1. The van der Waals surface area contributed by atoms with Gasteiger partial charge in [-0.3, -0.25) is 14.6 Å². The van der Waals surface area contributed by atoms with Crippen LogP contribution < -0.4 is 5.32 Å². The quantitative estimate of drug-likeness (QED) is 0.314. The molecule has 0 saturated carbocycles. The van der Waals surface area contributed by atoms with Crippen LogP contribution in [0.1, 0.15) is 48.3 Å². The predicted octanol–water partition coefficient (Wildman–Crippen LogP) is 4.73. The molecule has 3 aromatic rings. The molecule has 5 rings (SSSR count). The molecule has 2 aliphatic rings. The second-order valence-electron chi connectivity index (χ2n) is 10.3. The number of esters is 2. The summed E-state index contributed by atoms with van der Waals surface area (Å²) in [6.07, 6.45) is -3.58. The van der Waals surface area contributed by atoms with E-state index in [2.05, 4.69) is 15.5 Å². The van der Waals surface area contributed by atoms with Gasteiger partial charge < -0.3 is 19.6 Å². The van der Waals surface area contributed by atoms with Gasteiger partial charge >= 0.3 is 23.9 Å². The molecular weight excluding hydrogens is 562 g/mol. The smallest absolute Gasteiger partial charge is 0.416 e. The number of hydrogen-bond acceptors (Lipinski definition) is 8. The highest BCUT2D eigenvalue weighted by Gasteiger charge is 2.58. The number of pyridine rings is 1. The Labute approximate surface area is 236 Å². The lowest BCUT2D eigenvalue weighted by Crippen LogP contribution is -2.60. The Morgan fingerprint density at radius 2 is 1.83 bits per heavy atom. The fraction of sp³-hybridized carbons (Fsp3) is 0.345. The summed E-state index contributed by atoms with van der Waals surface area (Å²) in [5, 5.41) is 8.41. The maximum Gasteiger partial charge on any atom is 0.416 e. The summed E-state index contributed by atoms with van der Waals surface area (Å²) < 4.78 is 63.4. The van der Waals surface area contributed by atoms with Crippen LogP contribution in [-0.2, 0) is 30.1 Å². The highest BCUT2D eigenvalue weighted by atomic mass is 19.4. The Balaban J connectivity index is 1.37. The average Bonchev–Trinajstić information content (AvgIpc) is 3.55. The van der Waals surface area contributed by atoms with Crippen LogP contribution in [0.5, 0.6) is 0 Å². The van der Waals surface area contributed by atoms with Crippen LogP contribution in [0.15, 0.2) is 65.9 Å². The zero-order chi connectivity index (χ0) is 30.3. The minimum atomic E-state index is -4.64. The normalized spacial score (nSPS) is 23.8. The molecule has 42 heavy (non-hydrogen) atoms. The molecule has 3 atom stereocenters. The van der Waals surface area contributed by atoms with E-state index in [0.29, 0.717) is 23.5 Å². The number of amides is 1. The van der Waals surface area contributed by atoms with Crippen LogP contribution in [0, 0.1) is 5.92 Å². The minimum absolute atomic E-state index is 0.00695. The third-order valence-corrected chi connectivity index (χ3v) is 7.41. The van der Waals surface area contributed by atoms with Gasteiger partial charge in [0, 0.05) is 23.9 Å². The second kappa shape index (κ2) is 10.7. The molecule has 3 heterocycles. The van der Waals surface area contributed by atoms with E-state index in [0.717, 1.165) is 22.9 Å². The molecular formula is C29H25F4N3O6. The minimum Gasteiger partial charge on any atom is -0.417 e. The van der Waals surface area contributed by atoms with Crippen molar-refractivity contribution in [3.63, 3.8) is 0 Å². The van der Waals surface area contributed by atoms with Gasteiger partial charge in [-0.05, 0) is 35.7 Å². The summed E-state index contributed by atoms with van der Waals surface area (Å²) in [6.45, 7) is 1.91. The standard InChI is InChI=1S/C29H25F4N3O6/c1-16(2)27(14-21(36-42-27)24-20-6-4-3-5-17(20)11-12-34-24)26(39)35-22-13-23(37)40-28(22,15-30)41-25(38)18-7-9-19(10-8-18)29(31,32)33/h3-12,16,22H,13-15H2,1-2H3,(H,35,39)/t22-,27?,28-/m0/s1. The third kappa shape index (κ3) is 5.14. The lowest BCUT2D eigenvalue weighted by atomic mass is 9.83. The van der Waals surface area contributed by atoms with Gasteiger partial charge in [-0.15, -0.1) is 0 Å². The number of carbonyl (C=O) groups excluding carboxylic acids is 3. The summed E-state index contributed by atoms with van der Waals surface area (Å²) in [6, 6.07) is 10.8. The van der Waals surface area contributed by atoms with Crippen molar-refractivity contribution in [3.8, 4) is 0 Å². The van der Waals surface area contributed by atoms with E-state index in [1.165, 1.54) is 0 Å². The molecule has 0 spiro atoms. The van der Waals surface area contributed by atoms with Crippen LogP contribution in [0.3, 0.4) is 0 Å². The first-order chi connectivity index (χ1) is 19.9. The zero-order valence-electron chi connectivity index (χ0n) is 22.4. The molecule has 9 nitrogen and oxygen atoms in total. The number of nitrogens with one attached hydrogen (secondary N) is 1. The van der Waals surface area contributed by atoms with Gasteiger partial charge in [0.1, 0.15) is 11.8 Å². The number of benzene rings is 2. The highest BCUT2D eigenvalue weighted by Crippen LogP contribution is 2.37. The van der Waals surface area contributed by atoms with Gasteiger partial charge in [0.2, 0.25) is 5.60 Å². The Morgan fingerprint density at radius 1 is 1.12 bits per heavy atom. The first-order valence-corrected chi connectivity index (χ1v) is 13.0. The largest absolute Gasteiger partial charge is 0.417 e. The SMILES string of the molecule is CC(C)C1(C(=O)N[C@H]2CC(=O)O[C@@]2(CF)OC(=O)c2ccc(C(F)(F)F)cc2)CC(c2nccc3ccccc23)=NO1. The van der Waals surface area contributed by atoms with Gasteiger partial charge in [-0.2, -0.15) is 13.2 Å². The fourth-order valence-corrected chi connectivity index (χ4v) is 4.94. The number of rotatable bonds is 7. The van der Waals surface area contributed by atoms with E-state index in [-0.39, 0.29) is 12.0 Å². The summed E-state index contributed by atoms with van der Waals surface area (Å²) >= 11 is 0. The van der Waals surface area contributed by atoms with Crippen molar-refractivity contribution < 1.29 is 46.3 Å². The Morgan fingerprint density at radius 3 is 2.50 bits per heavy atom. The number of cyclic esters (lactones) is 1. The van der Waals surface area contributed by atoms with Crippen LogP contribution in [0.4, 0.5) is 17.6 Å². The van der Waals surface area contributed by atoms with Crippen LogP contribution in [0.2, 0.25) is 0 Å². The van der Waals surface area contributed by atoms with E-state index >= 15 is 0 Å². The number of fused-ring (bicyclic) bond motifs is 1. The van der Waals surface area contributed by atoms with Crippen molar-refractivity contribution in [2.24, 2.45) is 11.1 Å². The Bertz CT molecular complexity index is 1570. The van der Waals surface area contributed by atoms with E-state index in [4.69, 9.17) is 14.3 Å². The van der Waals surface area contributed by atoms with E-state index in [1.807, 2.05) is 30.3 Å². The van der Waals surface area contributed by atoms with Crippen molar-refractivity contribution in [2.75, 3.05) is 6.67 Å². The van der Waals surface area contributed by atoms with Gasteiger partial charge in [0.25, 0.3) is 5.91 Å². The summed E-state index contributed by atoms with van der Waals surface area (Å²) in [5.74, 6) is -5.99. The van der Waals surface area contributed by atoms with Crippen molar-refractivity contribution >= 4 is 34.3 Å². The van der Waals surface area contributed by atoms with Crippen molar-refractivity contribution in [3.05, 3.63) is 77.6 Å². The molecule has 1 aromatic heterocycles. The van der Waals surface area contributed by atoms with E-state index in [9.17, 15) is 31.9 Å². The molecule has 1 unspecified atom stereocenters. The molecule has 1 amide bonds. The number of hydrogen-bond donors (Lipinski definition) is 1. The third-order valence-electron chi connectivity index (χ3n) is 7.41. The maximum absolute atomic E-state index is 14.5. The molecule has 0 bridgehead atoms. The van der Waals surface area contributed by atoms with Gasteiger partial charge in [-0.25, -0.2) is 9.18 Å². The fourth-order valence-electron chi connectivity index (χ4n) is 4.94. The van der Waals surface area contributed by atoms with Gasteiger partial charge in [0.05, 0.1) is 23.2 Å². The lowest BCUT2D eigenvalue weighted by Gasteiger charge is -2.34. The summed E-state index contributed by atoms with van der Waals surface area (Å²) in [5.41, 5.74) is -2.01. The maximum atomic E-state index is 14.5. The lowest BCUT2D eigenvalue weighted by molar-refractivity contribution is -0.203. The molecule has 0 aliphatic carbocycles. The van der Waals surface area contributed by atoms with E-state index in [1.54, 1.807) is 20.0 Å². The first kappa shape index (κ1) is 29.0. The molecule has 13 heteroatoms. The van der Waals surface area contributed by atoms with Crippen molar-refractivity contribution in [1.29, 1.82) is 0 Å². The van der Waals surface area contributed by atoms with Crippen molar-refractivity contribution in [1.82, 2.24) is 10.3 Å². The summed E-state index contributed by atoms with van der Waals surface area (Å²) in [7, 11) is 0. The topological polar surface area (TPSA) is 116 Å². The zero-order valence-corrected chi connectivity index (χ0v) is 22.4. The number of carbonyl (C=O) groups is 3. The van der Waals surface area contributed by atoms with Crippen LogP contribution in [0.25, 0.3) is 10.8 Å². The van der Waals surface area contributed by atoms with Gasteiger partial charge in [-0.1, -0.05) is 43.3 Å². The number of ether oxygens (including phenoxy) is 2. The molecule has 220 valence electrons. The molecule has 1 saturated heterocycles. The molecule has 1 N–H and O–H groups in total. The molecule has 0 radical (unpaired) electrons. The van der Waals surface area contributed by atoms with Crippen molar-refractivity contribution in [2.45, 2.75) is 50.3 Å². The van der Waals surface area contributed by atoms with Gasteiger partial charge in [0.15, 0.2) is 6.67 Å². The van der Waals surface area contributed by atoms with Crippen LogP contribution >= 0.6 is 0 Å². The molecule has 2 aromatic carbocycles. The van der Waals surface area contributed by atoms with Crippen LogP contribution in [-0.4, -0.2) is 52.6 Å². The van der Waals surface area contributed by atoms with E-state index < -0.39 is 66.0 Å². The number of halogens is 4. The Hall–Kier alpha value is -4.55. The Kier molecular flexibility index (Phi) is 7.37. The number of alkyl halides is 4. The number of nitrogens with zero attached hydrogens (tertiary/aromatic N) is 2. The highest BCUT2D eigenvalue weighted by molar-refractivity contribution is 6.12. The second-order valence-corrected chi connectivity index (χ2v) is 10.3. The molecule has 1 fully saturated rings. The average molecular weight is 588 g/mol. The number of oxime groups is 1. The first-order valence-electron chi connectivity index (χ1n) is 13.0.